The van der Waals surface area contributed by atoms with Crippen LogP contribution in [-0.4, -0.2) is 52.3 Å². The predicted octanol–water partition coefficient (Wildman–Crippen LogP) is -1.89. The normalized spacial score (nSPS) is 26.2. The molecule has 1 aromatic rings. The lowest BCUT2D eigenvalue weighted by Crippen LogP contribution is -2.22. The van der Waals surface area contributed by atoms with Crippen molar-refractivity contribution in [3.8, 4) is 0 Å². The van der Waals surface area contributed by atoms with Crippen LogP contribution in [0.15, 0.2) is 4.42 Å². The number of aromatic nitrogens is 2. The average Bonchev–Trinajstić information content (AvgIpc) is 2.76. The molecular weight excluding hydrogens is 200 g/mol. The fourth-order valence-electron chi connectivity index (χ4n) is 1.52. The zero-order valence-corrected chi connectivity index (χ0v) is 8.20. The van der Waals surface area contributed by atoms with Gasteiger partial charge in [0.1, 0.15) is 0 Å². The van der Waals surface area contributed by atoms with Gasteiger partial charge in [-0.2, -0.15) is 0 Å². The predicted molar refractivity (Wildman–Crippen MR) is 51.3 cm³/mol. The number of aliphatic hydroxyl groups excluding tert-OH is 2. The van der Waals surface area contributed by atoms with Crippen LogP contribution in [0.25, 0.3) is 0 Å². The Bertz CT molecular complexity index is 319. The lowest BCUT2D eigenvalue weighted by molar-refractivity contribution is 0.0572. The molecule has 2 unspecified atom stereocenters. The van der Waals surface area contributed by atoms with Crippen LogP contribution in [0, 0.1) is 0 Å². The van der Waals surface area contributed by atoms with E-state index in [4.69, 9.17) is 10.2 Å². The Morgan fingerprint density at radius 3 is 2.60 bits per heavy atom. The Labute approximate surface area is 86.5 Å². The first-order valence-corrected chi connectivity index (χ1v) is 4.84. The van der Waals surface area contributed by atoms with Crippen LogP contribution in [0.4, 0.5) is 6.01 Å². The fourth-order valence-corrected chi connectivity index (χ4v) is 1.52. The van der Waals surface area contributed by atoms with E-state index in [-0.39, 0.29) is 0 Å². The van der Waals surface area contributed by atoms with Crippen molar-refractivity contribution in [3.05, 3.63) is 5.89 Å². The standard InChI is InChI=1S/C8H14N4O3/c9-2-1-7-10-11-8(15-7)12-3-5(13)6(14)4-12/h5-6,13-14H,1-4,9H2. The van der Waals surface area contributed by atoms with Crippen LogP contribution in [-0.2, 0) is 6.42 Å². The van der Waals surface area contributed by atoms with Crippen LogP contribution in [0.1, 0.15) is 5.89 Å². The largest absolute Gasteiger partial charge is 0.408 e. The summed E-state index contributed by atoms with van der Waals surface area (Å²) in [4.78, 5) is 1.66. The molecule has 2 rings (SSSR count). The minimum atomic E-state index is -0.755. The summed E-state index contributed by atoms with van der Waals surface area (Å²) >= 11 is 0. The quantitative estimate of drug-likeness (QED) is 0.540. The maximum atomic E-state index is 9.34. The Hall–Kier alpha value is -1.18. The number of rotatable bonds is 3. The molecule has 7 heteroatoms. The van der Waals surface area contributed by atoms with Crippen molar-refractivity contribution in [2.75, 3.05) is 24.5 Å². The second kappa shape index (κ2) is 4.13. The zero-order chi connectivity index (χ0) is 10.8. The smallest absolute Gasteiger partial charge is 0.318 e. The summed E-state index contributed by atoms with van der Waals surface area (Å²) in [5.74, 6) is 0.475. The van der Waals surface area contributed by atoms with Gasteiger partial charge in [0.15, 0.2) is 0 Å². The first kappa shape index (κ1) is 10.3. The van der Waals surface area contributed by atoms with Gasteiger partial charge >= 0.3 is 6.01 Å². The molecule has 0 radical (unpaired) electrons. The van der Waals surface area contributed by atoms with Crippen molar-refractivity contribution in [1.29, 1.82) is 0 Å². The van der Waals surface area contributed by atoms with E-state index in [0.29, 0.717) is 38.0 Å². The number of aliphatic hydroxyl groups is 2. The number of hydrogen-bond acceptors (Lipinski definition) is 7. The lowest BCUT2D eigenvalue weighted by atomic mass is 10.3. The highest BCUT2D eigenvalue weighted by Gasteiger charge is 2.32. The van der Waals surface area contributed by atoms with Crippen molar-refractivity contribution in [1.82, 2.24) is 10.2 Å². The van der Waals surface area contributed by atoms with Gasteiger partial charge in [-0.25, -0.2) is 0 Å². The highest BCUT2D eigenvalue weighted by Crippen LogP contribution is 2.19. The molecule has 1 saturated heterocycles. The molecule has 1 aromatic heterocycles. The summed E-state index contributed by atoms with van der Waals surface area (Å²) in [5, 5.41) is 26.3. The molecule has 0 amide bonds. The number of nitrogens with zero attached hydrogens (tertiary/aromatic N) is 3. The van der Waals surface area contributed by atoms with E-state index in [9.17, 15) is 10.2 Å². The average molecular weight is 214 g/mol. The van der Waals surface area contributed by atoms with Gasteiger partial charge in [-0.05, 0) is 0 Å². The fraction of sp³-hybridized carbons (Fsp3) is 0.750. The second-order valence-corrected chi connectivity index (χ2v) is 3.56. The maximum Gasteiger partial charge on any atom is 0.318 e. The summed E-state index contributed by atoms with van der Waals surface area (Å²) in [6, 6.07) is 0.328. The van der Waals surface area contributed by atoms with Crippen molar-refractivity contribution in [3.63, 3.8) is 0 Å². The van der Waals surface area contributed by atoms with Gasteiger partial charge in [0.05, 0.1) is 25.3 Å². The summed E-state index contributed by atoms with van der Waals surface area (Å²) < 4.78 is 5.31. The molecule has 1 fully saturated rings. The monoisotopic (exact) mass is 214 g/mol. The molecule has 2 heterocycles. The van der Waals surface area contributed by atoms with E-state index in [0.717, 1.165) is 0 Å². The van der Waals surface area contributed by atoms with Crippen LogP contribution in [0.3, 0.4) is 0 Å². The van der Waals surface area contributed by atoms with Gasteiger partial charge in [0, 0.05) is 13.0 Å². The number of nitrogens with two attached hydrogens (primary N) is 1. The molecule has 2 atom stereocenters. The van der Waals surface area contributed by atoms with Crippen molar-refractivity contribution in [2.24, 2.45) is 5.73 Å². The zero-order valence-electron chi connectivity index (χ0n) is 8.20. The highest BCUT2D eigenvalue weighted by molar-refractivity contribution is 5.28. The number of hydrogen-bond donors (Lipinski definition) is 3. The Morgan fingerprint density at radius 1 is 1.33 bits per heavy atom. The first-order chi connectivity index (χ1) is 7.20. The van der Waals surface area contributed by atoms with E-state index in [1.54, 1.807) is 4.90 Å². The third-order valence-corrected chi connectivity index (χ3v) is 2.34. The lowest BCUT2D eigenvalue weighted by Gasteiger charge is -2.09. The molecule has 4 N–H and O–H groups in total. The van der Waals surface area contributed by atoms with Gasteiger partial charge in [-0.3, -0.25) is 0 Å². The Kier molecular flexibility index (Phi) is 2.85. The van der Waals surface area contributed by atoms with Gasteiger partial charge in [0.25, 0.3) is 0 Å². The summed E-state index contributed by atoms with van der Waals surface area (Å²) in [6.07, 6.45) is -0.976. The van der Waals surface area contributed by atoms with Crippen LogP contribution in [0.5, 0.6) is 0 Å². The maximum absolute atomic E-state index is 9.34. The minimum absolute atomic E-state index is 0.311. The van der Waals surface area contributed by atoms with Crippen molar-refractivity contribution in [2.45, 2.75) is 18.6 Å². The van der Waals surface area contributed by atoms with Crippen LogP contribution < -0.4 is 10.6 Å². The third-order valence-electron chi connectivity index (χ3n) is 2.34. The first-order valence-electron chi connectivity index (χ1n) is 4.84. The molecule has 15 heavy (non-hydrogen) atoms. The van der Waals surface area contributed by atoms with Crippen molar-refractivity contribution >= 4 is 6.01 Å². The van der Waals surface area contributed by atoms with Gasteiger partial charge in [0.2, 0.25) is 5.89 Å². The SMILES string of the molecule is NCCc1nnc(N2CC(O)C(O)C2)o1. The molecule has 0 saturated carbocycles. The summed E-state index contributed by atoms with van der Waals surface area (Å²) in [6.45, 7) is 1.07. The van der Waals surface area contributed by atoms with Gasteiger partial charge < -0.3 is 25.3 Å². The second-order valence-electron chi connectivity index (χ2n) is 3.56. The van der Waals surface area contributed by atoms with Gasteiger partial charge in [-0.15, -0.1) is 5.10 Å². The van der Waals surface area contributed by atoms with E-state index >= 15 is 0 Å². The summed E-state index contributed by atoms with van der Waals surface area (Å²) in [7, 11) is 0. The molecule has 0 aliphatic carbocycles. The third kappa shape index (κ3) is 2.09. The minimum Gasteiger partial charge on any atom is -0.408 e. The number of β-amino-alcohol motifs (C(OH)–C–C–N with tert-alkyl or cyclic N) is 2. The molecule has 1 aliphatic heterocycles. The highest BCUT2D eigenvalue weighted by atomic mass is 16.4. The van der Waals surface area contributed by atoms with E-state index in [1.165, 1.54) is 0 Å². The Morgan fingerprint density at radius 2 is 2.00 bits per heavy atom. The Balaban J connectivity index is 2.04. The van der Waals surface area contributed by atoms with Gasteiger partial charge in [-0.1, -0.05) is 5.10 Å². The van der Waals surface area contributed by atoms with Crippen molar-refractivity contribution < 1.29 is 14.6 Å². The summed E-state index contributed by atoms with van der Waals surface area (Å²) in [5.41, 5.74) is 5.35. The number of anilines is 1. The molecule has 0 bridgehead atoms. The van der Waals surface area contributed by atoms with Crippen LogP contribution in [0.2, 0.25) is 0 Å². The molecule has 7 nitrogen and oxygen atoms in total. The van der Waals surface area contributed by atoms with E-state index < -0.39 is 12.2 Å². The van der Waals surface area contributed by atoms with Crippen LogP contribution >= 0.6 is 0 Å². The molecule has 0 spiro atoms. The molecule has 84 valence electrons. The molecule has 0 aromatic carbocycles. The topological polar surface area (TPSA) is 109 Å². The molecular formula is C8H14N4O3. The van der Waals surface area contributed by atoms with E-state index in [2.05, 4.69) is 10.2 Å². The molecule has 1 aliphatic rings. The van der Waals surface area contributed by atoms with E-state index in [1.807, 2.05) is 0 Å².